The molecule has 4 aromatic rings. The monoisotopic (exact) mass is 434 g/mol. The Kier molecular flexibility index (Phi) is 6.06. The predicted octanol–water partition coefficient (Wildman–Crippen LogP) is 7.17. The molecule has 0 aliphatic carbocycles. The van der Waals surface area contributed by atoms with Crippen LogP contribution in [0.25, 0.3) is 22.2 Å². The van der Waals surface area contributed by atoms with Gasteiger partial charge in [-0.2, -0.15) is 5.26 Å². The fourth-order valence-corrected chi connectivity index (χ4v) is 4.49. The van der Waals surface area contributed by atoms with Crippen LogP contribution < -0.4 is 4.74 Å². The van der Waals surface area contributed by atoms with E-state index in [1.807, 2.05) is 65.4 Å². The van der Waals surface area contributed by atoms with Gasteiger partial charge >= 0.3 is 0 Å². The second-order valence-corrected chi connectivity index (χ2v) is 8.36. The zero-order valence-corrected chi connectivity index (χ0v) is 17.6. The van der Waals surface area contributed by atoms with Crippen LogP contribution in [0.4, 0.5) is 0 Å². The van der Waals surface area contributed by atoms with Gasteiger partial charge in [-0.05, 0) is 40.8 Å². The van der Waals surface area contributed by atoms with E-state index in [4.69, 9.17) is 16.3 Å². The average Bonchev–Trinajstić information content (AvgIpc) is 3.44. The van der Waals surface area contributed by atoms with Crippen molar-refractivity contribution in [3.63, 3.8) is 0 Å². The molecule has 4 rings (SSSR count). The van der Waals surface area contributed by atoms with Gasteiger partial charge in [0.1, 0.15) is 23.4 Å². The number of benzene rings is 2. The molecule has 2 aromatic heterocycles. The molecule has 0 spiro atoms. The van der Waals surface area contributed by atoms with E-state index in [0.29, 0.717) is 28.0 Å². The highest BCUT2D eigenvalue weighted by atomic mass is 35.5. The molecule has 0 amide bonds. The topological polar surface area (TPSA) is 45.9 Å². The van der Waals surface area contributed by atoms with Crippen LogP contribution in [0.3, 0.4) is 0 Å². The highest BCUT2D eigenvalue weighted by Gasteiger charge is 2.10. The van der Waals surface area contributed by atoms with E-state index >= 15 is 0 Å². The molecule has 0 N–H and O–H groups in total. The maximum absolute atomic E-state index is 9.61. The summed E-state index contributed by atoms with van der Waals surface area (Å²) in [5.41, 5.74) is 3.30. The van der Waals surface area contributed by atoms with Gasteiger partial charge in [-0.25, -0.2) is 4.98 Å². The molecule has 0 aliphatic heterocycles. The summed E-state index contributed by atoms with van der Waals surface area (Å²) in [6, 6.07) is 21.7. The van der Waals surface area contributed by atoms with E-state index in [9.17, 15) is 5.26 Å². The largest absolute Gasteiger partial charge is 0.487 e. The van der Waals surface area contributed by atoms with E-state index in [2.05, 4.69) is 11.1 Å². The Morgan fingerprint density at radius 3 is 2.69 bits per heavy atom. The van der Waals surface area contributed by atoms with Gasteiger partial charge in [0.2, 0.25) is 0 Å². The van der Waals surface area contributed by atoms with Crippen molar-refractivity contribution >= 4 is 45.9 Å². The van der Waals surface area contributed by atoms with Gasteiger partial charge in [0.25, 0.3) is 0 Å². The van der Waals surface area contributed by atoms with Crippen LogP contribution in [0.2, 0.25) is 5.02 Å². The third kappa shape index (κ3) is 4.75. The SMILES string of the molecule is N#C/C(=C/c1ccc(OCc2ccccc2)c(Cl)c1)c1nc(-c2cccs2)cs1. The summed E-state index contributed by atoms with van der Waals surface area (Å²) >= 11 is 9.48. The Morgan fingerprint density at radius 2 is 1.97 bits per heavy atom. The lowest BCUT2D eigenvalue weighted by molar-refractivity contribution is 0.306. The highest BCUT2D eigenvalue weighted by Crippen LogP contribution is 2.31. The third-order valence-corrected chi connectivity index (χ3v) is 6.20. The van der Waals surface area contributed by atoms with Crippen LogP contribution in [-0.2, 0) is 6.61 Å². The van der Waals surface area contributed by atoms with Crippen molar-refractivity contribution in [3.05, 3.63) is 92.6 Å². The minimum atomic E-state index is 0.448. The molecular weight excluding hydrogens is 420 g/mol. The Hall–Kier alpha value is -2.91. The Labute approximate surface area is 182 Å². The van der Waals surface area contributed by atoms with Crippen LogP contribution in [-0.4, -0.2) is 4.98 Å². The fourth-order valence-electron chi connectivity index (χ4n) is 2.70. The number of thiazole rings is 1. The van der Waals surface area contributed by atoms with E-state index < -0.39 is 0 Å². The van der Waals surface area contributed by atoms with Crippen LogP contribution in [0.5, 0.6) is 5.75 Å². The molecule has 0 bridgehead atoms. The van der Waals surface area contributed by atoms with Crippen molar-refractivity contribution in [1.29, 1.82) is 5.26 Å². The first-order valence-corrected chi connectivity index (χ1v) is 10.9. The molecule has 0 fully saturated rings. The molecule has 0 saturated heterocycles. The predicted molar refractivity (Wildman–Crippen MR) is 121 cm³/mol. The number of nitriles is 1. The third-order valence-electron chi connectivity index (χ3n) is 4.13. The van der Waals surface area contributed by atoms with E-state index in [1.165, 1.54) is 11.3 Å². The zero-order chi connectivity index (χ0) is 20.1. The lowest BCUT2D eigenvalue weighted by Crippen LogP contribution is -1.95. The van der Waals surface area contributed by atoms with E-state index in [-0.39, 0.29) is 0 Å². The summed E-state index contributed by atoms with van der Waals surface area (Å²) in [5, 5.41) is 14.8. The first-order chi connectivity index (χ1) is 14.2. The van der Waals surface area contributed by atoms with Gasteiger partial charge in [0.05, 0.1) is 21.2 Å². The molecule has 29 heavy (non-hydrogen) atoms. The summed E-state index contributed by atoms with van der Waals surface area (Å²) in [7, 11) is 0. The number of nitrogens with zero attached hydrogens (tertiary/aromatic N) is 2. The van der Waals surface area contributed by atoms with Crippen molar-refractivity contribution in [1.82, 2.24) is 4.98 Å². The molecular formula is C23H15ClN2OS2. The minimum Gasteiger partial charge on any atom is -0.487 e. The van der Waals surface area contributed by atoms with Crippen molar-refractivity contribution in [2.75, 3.05) is 0 Å². The average molecular weight is 435 g/mol. The molecule has 0 atom stereocenters. The van der Waals surface area contributed by atoms with Crippen molar-refractivity contribution in [3.8, 4) is 22.4 Å². The van der Waals surface area contributed by atoms with Crippen LogP contribution in [0.1, 0.15) is 16.1 Å². The molecule has 142 valence electrons. The van der Waals surface area contributed by atoms with Crippen molar-refractivity contribution < 1.29 is 4.74 Å². The molecule has 6 heteroatoms. The second kappa shape index (κ2) is 9.06. The lowest BCUT2D eigenvalue weighted by Gasteiger charge is -2.09. The molecule has 3 nitrogen and oxygen atoms in total. The molecule has 0 saturated carbocycles. The maximum Gasteiger partial charge on any atom is 0.138 e. The summed E-state index contributed by atoms with van der Waals surface area (Å²) in [6.07, 6.45) is 1.80. The van der Waals surface area contributed by atoms with Gasteiger partial charge in [0, 0.05) is 5.38 Å². The standard InChI is InChI=1S/C23H15ClN2OS2/c24-19-12-17(8-9-21(19)27-14-16-5-2-1-3-6-16)11-18(13-25)23-26-20(15-29-23)22-7-4-10-28-22/h1-12,15H,14H2/b18-11-. The smallest absolute Gasteiger partial charge is 0.138 e. The number of allylic oxidation sites excluding steroid dienone is 1. The molecule has 0 unspecified atom stereocenters. The number of hydrogen-bond donors (Lipinski definition) is 0. The Morgan fingerprint density at radius 1 is 1.10 bits per heavy atom. The molecule has 2 aromatic carbocycles. The number of thiophene rings is 1. The number of rotatable bonds is 6. The van der Waals surface area contributed by atoms with Gasteiger partial charge in [-0.15, -0.1) is 22.7 Å². The van der Waals surface area contributed by atoms with Gasteiger partial charge in [-0.3, -0.25) is 0 Å². The van der Waals surface area contributed by atoms with Crippen LogP contribution in [0.15, 0.2) is 71.4 Å². The number of hydrogen-bond acceptors (Lipinski definition) is 5. The maximum atomic E-state index is 9.61. The normalized spacial score (nSPS) is 11.2. The molecule has 0 aliphatic rings. The second-order valence-electron chi connectivity index (χ2n) is 6.15. The highest BCUT2D eigenvalue weighted by molar-refractivity contribution is 7.14. The van der Waals surface area contributed by atoms with Gasteiger partial charge in [0.15, 0.2) is 0 Å². The van der Waals surface area contributed by atoms with Crippen LogP contribution in [0, 0.1) is 11.3 Å². The van der Waals surface area contributed by atoms with Crippen LogP contribution >= 0.6 is 34.3 Å². The molecule has 2 heterocycles. The Bertz CT molecular complexity index is 1180. The summed E-state index contributed by atoms with van der Waals surface area (Å²) < 4.78 is 5.81. The van der Waals surface area contributed by atoms with E-state index in [0.717, 1.165) is 21.7 Å². The number of ether oxygens (including phenoxy) is 1. The van der Waals surface area contributed by atoms with Crippen molar-refractivity contribution in [2.45, 2.75) is 6.61 Å². The minimum absolute atomic E-state index is 0.448. The first kappa shape index (κ1) is 19.4. The fraction of sp³-hybridized carbons (Fsp3) is 0.0435. The number of aromatic nitrogens is 1. The lowest BCUT2D eigenvalue weighted by atomic mass is 10.1. The molecule has 0 radical (unpaired) electrons. The first-order valence-electron chi connectivity index (χ1n) is 8.81. The Balaban J connectivity index is 1.52. The summed E-state index contributed by atoms with van der Waals surface area (Å²) in [5.74, 6) is 0.611. The quantitative estimate of drug-likeness (QED) is 0.302. The number of halogens is 1. The zero-order valence-electron chi connectivity index (χ0n) is 15.2. The summed E-state index contributed by atoms with van der Waals surface area (Å²) in [6.45, 7) is 0.448. The van der Waals surface area contributed by atoms with E-state index in [1.54, 1.807) is 23.5 Å². The van der Waals surface area contributed by atoms with Crippen molar-refractivity contribution in [2.24, 2.45) is 0 Å². The summed E-state index contributed by atoms with van der Waals surface area (Å²) in [4.78, 5) is 5.69. The van der Waals surface area contributed by atoms with Gasteiger partial charge < -0.3 is 4.74 Å². The van der Waals surface area contributed by atoms with Gasteiger partial charge in [-0.1, -0.05) is 54.1 Å².